The fraction of sp³-hybridized carbons (Fsp3) is 0.895. The van der Waals surface area contributed by atoms with E-state index in [0.29, 0.717) is 19.4 Å². The van der Waals surface area contributed by atoms with Crippen LogP contribution in [0.2, 0.25) is 0 Å². The largest absolute Gasteiger partial charge is 0.455 e. The van der Waals surface area contributed by atoms with Crippen LogP contribution < -0.4 is 0 Å². The molecule has 1 saturated carbocycles. The molecule has 140 valence electrons. The van der Waals surface area contributed by atoms with Gasteiger partial charge in [0.25, 0.3) is 0 Å². The minimum absolute atomic E-state index is 0.138. The maximum atomic E-state index is 12.1. The van der Waals surface area contributed by atoms with Crippen molar-refractivity contribution >= 4 is 11.9 Å². The number of hydrogen-bond donors (Lipinski definition) is 0. The van der Waals surface area contributed by atoms with Crippen molar-refractivity contribution in [2.45, 2.75) is 97.4 Å². The third-order valence-electron chi connectivity index (χ3n) is 4.96. The molecule has 0 bridgehead atoms. The predicted molar refractivity (Wildman–Crippen MR) is 92.6 cm³/mol. The lowest BCUT2D eigenvalue weighted by atomic mass is 9.68. The SMILES string of the molecule is CCCOC1(C(C)C)CCCC(C)(OC(=O)CC)C1OC(=O)CC. The van der Waals surface area contributed by atoms with Crippen LogP contribution >= 0.6 is 0 Å². The molecule has 1 fully saturated rings. The Labute approximate surface area is 146 Å². The molecule has 0 spiro atoms. The Morgan fingerprint density at radius 3 is 2.21 bits per heavy atom. The summed E-state index contributed by atoms with van der Waals surface area (Å²) in [6, 6.07) is 0. The highest BCUT2D eigenvalue weighted by Gasteiger charge is 2.58. The Morgan fingerprint density at radius 2 is 1.71 bits per heavy atom. The Bertz CT molecular complexity index is 433. The molecule has 5 nitrogen and oxygen atoms in total. The summed E-state index contributed by atoms with van der Waals surface area (Å²) in [7, 11) is 0. The van der Waals surface area contributed by atoms with Crippen LogP contribution in [0.5, 0.6) is 0 Å². The molecule has 0 aromatic carbocycles. The molecular weight excluding hydrogens is 308 g/mol. The van der Waals surface area contributed by atoms with Gasteiger partial charge in [0, 0.05) is 19.4 Å². The number of rotatable bonds is 8. The van der Waals surface area contributed by atoms with E-state index in [1.54, 1.807) is 13.8 Å². The zero-order valence-electron chi connectivity index (χ0n) is 16.1. The van der Waals surface area contributed by atoms with Crippen molar-refractivity contribution in [3.05, 3.63) is 0 Å². The number of carbonyl (C=O) groups is 2. The van der Waals surface area contributed by atoms with Gasteiger partial charge < -0.3 is 14.2 Å². The lowest BCUT2D eigenvalue weighted by Crippen LogP contribution is -2.65. The van der Waals surface area contributed by atoms with Gasteiger partial charge in [-0.05, 0) is 38.5 Å². The minimum atomic E-state index is -0.853. The monoisotopic (exact) mass is 342 g/mol. The maximum absolute atomic E-state index is 12.1. The molecule has 0 amide bonds. The summed E-state index contributed by atoms with van der Waals surface area (Å²) in [6.45, 7) is 12.2. The van der Waals surface area contributed by atoms with Crippen molar-refractivity contribution in [1.82, 2.24) is 0 Å². The summed E-state index contributed by atoms with van der Waals surface area (Å²) in [5.74, 6) is -0.422. The molecule has 5 heteroatoms. The Hall–Kier alpha value is -1.10. The van der Waals surface area contributed by atoms with E-state index in [4.69, 9.17) is 14.2 Å². The van der Waals surface area contributed by atoms with Crippen LogP contribution in [0.3, 0.4) is 0 Å². The highest BCUT2D eigenvalue weighted by atomic mass is 16.6. The lowest BCUT2D eigenvalue weighted by Gasteiger charge is -2.53. The second kappa shape index (κ2) is 8.84. The van der Waals surface area contributed by atoms with Gasteiger partial charge in [0.05, 0.1) is 0 Å². The van der Waals surface area contributed by atoms with E-state index in [1.165, 1.54) is 0 Å². The smallest absolute Gasteiger partial charge is 0.306 e. The Balaban J connectivity index is 3.27. The third kappa shape index (κ3) is 4.50. The number of esters is 2. The molecule has 0 saturated heterocycles. The first kappa shape index (κ1) is 20.9. The highest BCUT2D eigenvalue weighted by Crippen LogP contribution is 2.46. The molecule has 0 aliphatic heterocycles. The van der Waals surface area contributed by atoms with E-state index in [2.05, 4.69) is 20.8 Å². The number of hydrogen-bond acceptors (Lipinski definition) is 5. The summed E-state index contributed by atoms with van der Waals surface area (Å²) in [6.07, 6.45) is 3.22. The van der Waals surface area contributed by atoms with E-state index in [1.807, 2.05) is 6.92 Å². The van der Waals surface area contributed by atoms with Crippen LogP contribution in [0.25, 0.3) is 0 Å². The minimum Gasteiger partial charge on any atom is -0.455 e. The number of carbonyl (C=O) groups excluding carboxylic acids is 2. The van der Waals surface area contributed by atoms with Gasteiger partial charge in [-0.3, -0.25) is 9.59 Å². The van der Waals surface area contributed by atoms with Gasteiger partial charge in [-0.15, -0.1) is 0 Å². The normalized spacial score (nSPS) is 30.2. The first-order chi connectivity index (χ1) is 11.3. The van der Waals surface area contributed by atoms with Crippen molar-refractivity contribution < 1.29 is 23.8 Å². The first-order valence-corrected chi connectivity index (χ1v) is 9.31. The fourth-order valence-electron chi connectivity index (χ4n) is 3.57. The lowest BCUT2D eigenvalue weighted by molar-refractivity contribution is -0.251. The van der Waals surface area contributed by atoms with Crippen LogP contribution in [0.15, 0.2) is 0 Å². The summed E-state index contributed by atoms with van der Waals surface area (Å²) in [5, 5.41) is 0. The van der Waals surface area contributed by atoms with E-state index in [9.17, 15) is 9.59 Å². The van der Waals surface area contributed by atoms with Crippen molar-refractivity contribution in [3.8, 4) is 0 Å². The van der Waals surface area contributed by atoms with Gasteiger partial charge in [-0.2, -0.15) is 0 Å². The van der Waals surface area contributed by atoms with E-state index in [0.717, 1.165) is 19.3 Å². The van der Waals surface area contributed by atoms with Crippen molar-refractivity contribution in [1.29, 1.82) is 0 Å². The number of ether oxygens (including phenoxy) is 3. The fourth-order valence-corrected chi connectivity index (χ4v) is 3.57. The van der Waals surface area contributed by atoms with E-state index in [-0.39, 0.29) is 24.3 Å². The topological polar surface area (TPSA) is 61.8 Å². The molecule has 3 atom stereocenters. The molecule has 3 unspecified atom stereocenters. The summed E-state index contributed by atoms with van der Waals surface area (Å²) in [4.78, 5) is 24.1. The van der Waals surface area contributed by atoms with Gasteiger partial charge in [0.2, 0.25) is 0 Å². The molecule has 0 aromatic rings. The van der Waals surface area contributed by atoms with Crippen molar-refractivity contribution in [2.75, 3.05) is 6.61 Å². The van der Waals surface area contributed by atoms with Gasteiger partial charge >= 0.3 is 11.9 Å². The standard InChI is InChI=1S/C19H34O5/c1-7-13-22-19(14(4)5)12-10-11-18(6,24-16(21)9-3)17(19)23-15(20)8-2/h14,17H,7-13H2,1-6H3. The zero-order valence-corrected chi connectivity index (χ0v) is 16.1. The molecule has 0 radical (unpaired) electrons. The van der Waals surface area contributed by atoms with Gasteiger partial charge in [0.1, 0.15) is 11.2 Å². The van der Waals surface area contributed by atoms with E-state index < -0.39 is 17.3 Å². The van der Waals surface area contributed by atoms with Crippen LogP contribution in [0, 0.1) is 5.92 Å². The second-order valence-electron chi connectivity index (χ2n) is 7.18. The van der Waals surface area contributed by atoms with Crippen molar-refractivity contribution in [2.24, 2.45) is 5.92 Å². The third-order valence-corrected chi connectivity index (χ3v) is 4.96. The van der Waals surface area contributed by atoms with Crippen LogP contribution in [0.4, 0.5) is 0 Å². The molecule has 1 rings (SSSR count). The van der Waals surface area contributed by atoms with Gasteiger partial charge in [0.15, 0.2) is 6.10 Å². The molecule has 0 aromatic heterocycles. The summed E-state index contributed by atoms with van der Waals surface area (Å²) < 4.78 is 17.9. The Morgan fingerprint density at radius 1 is 1.08 bits per heavy atom. The van der Waals surface area contributed by atoms with Gasteiger partial charge in [-0.1, -0.05) is 34.6 Å². The first-order valence-electron chi connectivity index (χ1n) is 9.31. The molecule has 1 aliphatic rings. The molecule has 0 N–H and O–H groups in total. The zero-order chi connectivity index (χ0) is 18.4. The Kier molecular flexibility index (Phi) is 7.71. The highest BCUT2D eigenvalue weighted by molar-refractivity contribution is 5.70. The van der Waals surface area contributed by atoms with Gasteiger partial charge in [-0.25, -0.2) is 0 Å². The van der Waals surface area contributed by atoms with Crippen molar-refractivity contribution in [3.63, 3.8) is 0 Å². The summed E-state index contributed by atoms with van der Waals surface area (Å²) >= 11 is 0. The van der Waals surface area contributed by atoms with Crippen LogP contribution in [-0.2, 0) is 23.8 Å². The molecule has 0 heterocycles. The molecule has 1 aliphatic carbocycles. The quantitative estimate of drug-likeness (QED) is 0.623. The average molecular weight is 342 g/mol. The predicted octanol–water partition coefficient (Wildman–Crippen LogP) is 4.03. The maximum Gasteiger partial charge on any atom is 0.306 e. The molecular formula is C19H34O5. The van der Waals surface area contributed by atoms with E-state index >= 15 is 0 Å². The second-order valence-corrected chi connectivity index (χ2v) is 7.18. The van der Waals surface area contributed by atoms with Crippen LogP contribution in [-0.4, -0.2) is 35.9 Å². The van der Waals surface area contributed by atoms with Crippen LogP contribution in [0.1, 0.15) is 80.1 Å². The average Bonchev–Trinajstić information content (AvgIpc) is 2.54. The summed E-state index contributed by atoms with van der Waals surface area (Å²) in [5.41, 5.74) is -1.48. The molecule has 24 heavy (non-hydrogen) atoms.